The molecule has 1 amide bonds. The van der Waals surface area contributed by atoms with E-state index in [1.165, 1.54) is 30.3 Å². The quantitative estimate of drug-likeness (QED) is 0.487. The molecular weight excluding hydrogens is 336 g/mol. The molecule has 0 saturated heterocycles. The number of amides is 1. The van der Waals surface area contributed by atoms with E-state index in [-0.39, 0.29) is 18.1 Å². The van der Waals surface area contributed by atoms with E-state index in [9.17, 15) is 15.2 Å². The molecule has 1 aliphatic rings. The molecular formula is C19H16N2O5. The lowest BCUT2D eigenvalue weighted by Gasteiger charge is -2.09. The highest BCUT2D eigenvalue weighted by atomic mass is 16.7. The van der Waals surface area contributed by atoms with E-state index in [1.54, 1.807) is 12.1 Å². The Hall–Kier alpha value is -3.66. The molecule has 26 heavy (non-hydrogen) atoms. The number of carbonyl (C=O) groups is 1. The topological polar surface area (TPSA) is 101 Å². The Bertz CT molecular complexity index is 897. The molecule has 0 aromatic heterocycles. The summed E-state index contributed by atoms with van der Waals surface area (Å²) in [5.74, 6) is 1.08. The highest BCUT2D eigenvalue weighted by Gasteiger charge is 2.19. The Labute approximate surface area is 150 Å². The highest BCUT2D eigenvalue weighted by molar-refractivity contribution is 6.09. The molecule has 0 spiro atoms. The maximum atomic E-state index is 12.4. The number of nitrogens with one attached hydrogen (secondary N) is 1. The van der Waals surface area contributed by atoms with Gasteiger partial charge in [0.1, 0.15) is 23.1 Å². The van der Waals surface area contributed by atoms with Gasteiger partial charge in [0.25, 0.3) is 5.91 Å². The average molecular weight is 352 g/mol. The number of nitriles is 1. The lowest BCUT2D eigenvalue weighted by molar-refractivity contribution is -0.112. The Kier molecular flexibility index (Phi) is 4.94. The van der Waals surface area contributed by atoms with E-state index in [0.717, 1.165) is 0 Å². The van der Waals surface area contributed by atoms with Gasteiger partial charge in [-0.3, -0.25) is 4.79 Å². The van der Waals surface area contributed by atoms with Gasteiger partial charge < -0.3 is 24.6 Å². The van der Waals surface area contributed by atoms with Crippen molar-refractivity contribution < 1.29 is 24.1 Å². The summed E-state index contributed by atoms with van der Waals surface area (Å²) in [6, 6.07) is 11.2. The van der Waals surface area contributed by atoms with Crippen LogP contribution in [0, 0.1) is 11.3 Å². The number of hydrogen-bond acceptors (Lipinski definition) is 6. The molecule has 2 aromatic carbocycles. The number of anilines is 1. The number of fused-ring (bicyclic) bond motifs is 1. The zero-order valence-corrected chi connectivity index (χ0v) is 14.0. The molecule has 0 saturated carbocycles. The maximum absolute atomic E-state index is 12.4. The SMILES string of the molecule is CCOc1cc2c(cc1C=C(C#N)C(=O)Nc1ccc(O)cc1)OCO2. The van der Waals surface area contributed by atoms with Gasteiger partial charge in [-0.2, -0.15) is 5.26 Å². The monoisotopic (exact) mass is 352 g/mol. The summed E-state index contributed by atoms with van der Waals surface area (Å²) in [6.07, 6.45) is 1.43. The van der Waals surface area contributed by atoms with E-state index in [0.29, 0.717) is 35.1 Å². The minimum atomic E-state index is -0.571. The molecule has 1 aliphatic heterocycles. The molecule has 0 unspecified atom stereocenters. The predicted octanol–water partition coefficient (Wildman–Crippen LogP) is 3.07. The predicted molar refractivity (Wildman–Crippen MR) is 94.1 cm³/mol. The van der Waals surface area contributed by atoms with Gasteiger partial charge in [-0.15, -0.1) is 0 Å². The number of phenols is 1. The summed E-state index contributed by atoms with van der Waals surface area (Å²) in [4.78, 5) is 12.4. The van der Waals surface area contributed by atoms with E-state index >= 15 is 0 Å². The number of nitrogens with zero attached hydrogens (tertiary/aromatic N) is 1. The first kappa shape index (κ1) is 17.2. The lowest BCUT2D eigenvalue weighted by atomic mass is 10.1. The summed E-state index contributed by atoms with van der Waals surface area (Å²) in [6.45, 7) is 2.36. The molecule has 0 atom stereocenters. The van der Waals surface area contributed by atoms with Gasteiger partial charge in [0.15, 0.2) is 11.5 Å². The summed E-state index contributed by atoms with van der Waals surface area (Å²) in [5, 5.41) is 21.3. The molecule has 0 radical (unpaired) electrons. The van der Waals surface area contributed by atoms with Crippen LogP contribution in [-0.4, -0.2) is 24.4 Å². The van der Waals surface area contributed by atoms with Gasteiger partial charge in [0, 0.05) is 17.3 Å². The molecule has 0 fully saturated rings. The maximum Gasteiger partial charge on any atom is 0.266 e. The minimum Gasteiger partial charge on any atom is -0.508 e. The number of carbonyl (C=O) groups excluding carboxylic acids is 1. The van der Waals surface area contributed by atoms with Crippen LogP contribution in [-0.2, 0) is 4.79 Å². The Balaban J connectivity index is 1.89. The van der Waals surface area contributed by atoms with Crippen LogP contribution in [0.25, 0.3) is 6.08 Å². The third-order valence-corrected chi connectivity index (χ3v) is 3.59. The molecule has 3 rings (SSSR count). The van der Waals surface area contributed by atoms with Gasteiger partial charge in [-0.1, -0.05) is 0 Å². The van der Waals surface area contributed by atoms with Crippen LogP contribution in [0.1, 0.15) is 12.5 Å². The van der Waals surface area contributed by atoms with Crippen molar-refractivity contribution in [3.63, 3.8) is 0 Å². The average Bonchev–Trinajstić information content (AvgIpc) is 3.09. The van der Waals surface area contributed by atoms with E-state index in [2.05, 4.69) is 5.32 Å². The van der Waals surface area contributed by atoms with E-state index in [1.807, 2.05) is 13.0 Å². The fourth-order valence-electron chi connectivity index (χ4n) is 2.38. The van der Waals surface area contributed by atoms with Crippen LogP contribution < -0.4 is 19.5 Å². The van der Waals surface area contributed by atoms with Gasteiger partial charge in [0.05, 0.1) is 6.61 Å². The van der Waals surface area contributed by atoms with E-state index < -0.39 is 5.91 Å². The van der Waals surface area contributed by atoms with Crippen molar-refractivity contribution in [3.05, 3.63) is 47.5 Å². The minimum absolute atomic E-state index is 0.0840. The third-order valence-electron chi connectivity index (χ3n) is 3.59. The van der Waals surface area contributed by atoms with Gasteiger partial charge in [-0.25, -0.2) is 0 Å². The van der Waals surface area contributed by atoms with Gasteiger partial charge in [-0.05, 0) is 43.3 Å². The second-order valence-corrected chi connectivity index (χ2v) is 5.35. The van der Waals surface area contributed by atoms with Crippen LogP contribution in [0.3, 0.4) is 0 Å². The van der Waals surface area contributed by atoms with Crippen molar-refractivity contribution >= 4 is 17.7 Å². The normalized spacial score (nSPS) is 12.4. The van der Waals surface area contributed by atoms with Crippen molar-refractivity contribution in [2.24, 2.45) is 0 Å². The Morgan fingerprint density at radius 2 is 2.00 bits per heavy atom. The van der Waals surface area contributed by atoms with Crippen molar-refractivity contribution in [2.45, 2.75) is 6.92 Å². The number of phenolic OH excluding ortho intramolecular Hbond substituents is 1. The molecule has 0 bridgehead atoms. The first-order chi connectivity index (χ1) is 12.6. The molecule has 1 heterocycles. The molecule has 7 nitrogen and oxygen atoms in total. The zero-order valence-electron chi connectivity index (χ0n) is 14.0. The number of hydrogen-bond donors (Lipinski definition) is 2. The summed E-state index contributed by atoms with van der Waals surface area (Å²) in [7, 11) is 0. The first-order valence-electron chi connectivity index (χ1n) is 7.89. The standard InChI is InChI=1S/C19H16N2O5/c1-2-24-16-9-18-17(25-11-26-18)8-12(16)7-13(10-20)19(23)21-14-3-5-15(22)6-4-14/h3-9,22H,2,11H2,1H3,(H,21,23). The second kappa shape index (κ2) is 7.49. The molecule has 0 aliphatic carbocycles. The largest absolute Gasteiger partial charge is 0.508 e. The van der Waals surface area contributed by atoms with Crippen molar-refractivity contribution in [1.82, 2.24) is 0 Å². The zero-order chi connectivity index (χ0) is 18.5. The summed E-state index contributed by atoms with van der Waals surface area (Å²) >= 11 is 0. The fourth-order valence-corrected chi connectivity index (χ4v) is 2.38. The van der Waals surface area contributed by atoms with Gasteiger partial charge >= 0.3 is 0 Å². The first-order valence-corrected chi connectivity index (χ1v) is 7.89. The van der Waals surface area contributed by atoms with Crippen molar-refractivity contribution in [1.29, 1.82) is 5.26 Å². The van der Waals surface area contributed by atoms with Crippen LogP contribution in [0.2, 0.25) is 0 Å². The summed E-state index contributed by atoms with van der Waals surface area (Å²) in [5.41, 5.74) is 0.899. The van der Waals surface area contributed by atoms with E-state index in [4.69, 9.17) is 14.2 Å². The Morgan fingerprint density at radius 3 is 2.65 bits per heavy atom. The molecule has 2 aromatic rings. The number of aromatic hydroxyl groups is 1. The molecule has 132 valence electrons. The summed E-state index contributed by atoms with van der Waals surface area (Å²) < 4.78 is 16.2. The van der Waals surface area contributed by atoms with Crippen LogP contribution >= 0.6 is 0 Å². The number of benzene rings is 2. The number of rotatable bonds is 5. The molecule has 2 N–H and O–H groups in total. The van der Waals surface area contributed by atoms with Crippen LogP contribution in [0.15, 0.2) is 42.0 Å². The second-order valence-electron chi connectivity index (χ2n) is 5.35. The smallest absolute Gasteiger partial charge is 0.266 e. The van der Waals surface area contributed by atoms with Crippen LogP contribution in [0.4, 0.5) is 5.69 Å². The van der Waals surface area contributed by atoms with Crippen LogP contribution in [0.5, 0.6) is 23.0 Å². The third kappa shape index (κ3) is 3.70. The number of ether oxygens (including phenoxy) is 3. The van der Waals surface area contributed by atoms with Crippen molar-refractivity contribution in [2.75, 3.05) is 18.7 Å². The Morgan fingerprint density at radius 1 is 1.31 bits per heavy atom. The molecule has 7 heteroatoms. The fraction of sp³-hybridized carbons (Fsp3) is 0.158. The highest BCUT2D eigenvalue weighted by Crippen LogP contribution is 2.39. The lowest BCUT2D eigenvalue weighted by Crippen LogP contribution is -2.13. The van der Waals surface area contributed by atoms with Gasteiger partial charge in [0.2, 0.25) is 6.79 Å². The van der Waals surface area contributed by atoms with Crippen molar-refractivity contribution in [3.8, 4) is 29.1 Å².